The molecule has 0 radical (unpaired) electrons. The third kappa shape index (κ3) is 1.87. The van der Waals surface area contributed by atoms with Crippen LogP contribution in [0.15, 0.2) is 47.6 Å². The first-order chi connectivity index (χ1) is 12.1. The summed E-state index contributed by atoms with van der Waals surface area (Å²) in [6.45, 7) is 2.87. The number of carboxylic acid groups (broad SMARTS) is 1. The second kappa shape index (κ2) is 5.06. The lowest BCUT2D eigenvalue weighted by atomic mass is 9.61. The molecule has 126 valence electrons. The molecule has 1 N–H and O–H groups in total. The number of carbonyl (C=O) groups is 1. The normalized spacial score (nSPS) is 27.2. The lowest BCUT2D eigenvalue weighted by molar-refractivity contribution is 0.0258. The van der Waals surface area contributed by atoms with Crippen LogP contribution in [-0.4, -0.2) is 23.8 Å². The molecule has 3 aliphatic rings. The maximum atomic E-state index is 11.6. The van der Waals surface area contributed by atoms with Gasteiger partial charge in [0.2, 0.25) is 0 Å². The third-order valence-electron chi connectivity index (χ3n) is 6.25. The van der Waals surface area contributed by atoms with Gasteiger partial charge in [-0.15, -0.1) is 0 Å². The zero-order chi connectivity index (χ0) is 17.2. The molecular formula is C22H20O3. The Hall–Kier alpha value is -2.39. The van der Waals surface area contributed by atoms with Crippen LogP contribution in [0.1, 0.15) is 47.7 Å². The molecule has 2 unspecified atom stereocenters. The zero-order valence-corrected chi connectivity index (χ0v) is 14.2. The van der Waals surface area contributed by atoms with Crippen LogP contribution in [0.3, 0.4) is 0 Å². The van der Waals surface area contributed by atoms with E-state index in [1.165, 1.54) is 23.1 Å². The monoisotopic (exact) mass is 332 g/mol. The van der Waals surface area contributed by atoms with Gasteiger partial charge in [0.25, 0.3) is 0 Å². The number of benzene rings is 2. The Morgan fingerprint density at radius 3 is 2.92 bits per heavy atom. The van der Waals surface area contributed by atoms with Crippen molar-refractivity contribution in [3.63, 3.8) is 0 Å². The summed E-state index contributed by atoms with van der Waals surface area (Å²) in [6.07, 6.45) is 8.05. The Morgan fingerprint density at radius 2 is 2.08 bits per heavy atom. The predicted octanol–water partition coefficient (Wildman–Crippen LogP) is 4.70. The van der Waals surface area contributed by atoms with Crippen molar-refractivity contribution in [3.8, 4) is 0 Å². The van der Waals surface area contributed by atoms with Crippen LogP contribution in [0, 0.1) is 0 Å². The van der Waals surface area contributed by atoms with Crippen molar-refractivity contribution >= 4 is 22.8 Å². The number of allylic oxidation sites excluding steroid dienone is 1. The van der Waals surface area contributed by atoms with Gasteiger partial charge in [-0.05, 0) is 65.3 Å². The van der Waals surface area contributed by atoms with Gasteiger partial charge in [0.1, 0.15) is 0 Å². The van der Waals surface area contributed by atoms with Crippen LogP contribution in [0.4, 0.5) is 0 Å². The first kappa shape index (κ1) is 14.9. The lowest BCUT2D eigenvalue weighted by Gasteiger charge is -2.48. The number of hydrogen-bond acceptors (Lipinski definition) is 2. The van der Waals surface area contributed by atoms with Crippen molar-refractivity contribution in [3.05, 3.63) is 64.2 Å². The lowest BCUT2D eigenvalue weighted by Crippen LogP contribution is -2.45. The smallest absolute Gasteiger partial charge is 0.336 e. The number of carboxylic acids is 1. The van der Waals surface area contributed by atoms with Crippen LogP contribution >= 0.6 is 0 Å². The van der Waals surface area contributed by atoms with E-state index in [0.29, 0.717) is 12.2 Å². The summed E-state index contributed by atoms with van der Waals surface area (Å²) in [6, 6.07) is 9.67. The van der Waals surface area contributed by atoms with Crippen LogP contribution in [-0.2, 0) is 10.2 Å². The van der Waals surface area contributed by atoms with Crippen molar-refractivity contribution in [2.24, 2.45) is 0 Å². The molecule has 25 heavy (non-hydrogen) atoms. The number of ether oxygens (including phenoxy) is 1. The molecule has 2 aliphatic carbocycles. The molecular weight excluding hydrogens is 312 g/mol. The van der Waals surface area contributed by atoms with Gasteiger partial charge in [0.05, 0.1) is 18.3 Å². The minimum atomic E-state index is -0.876. The molecule has 0 amide bonds. The topological polar surface area (TPSA) is 46.5 Å². The summed E-state index contributed by atoms with van der Waals surface area (Å²) in [5.41, 5.74) is 5.65. The summed E-state index contributed by atoms with van der Waals surface area (Å²) in [7, 11) is 0. The van der Waals surface area contributed by atoms with E-state index in [2.05, 4.69) is 25.1 Å². The summed E-state index contributed by atoms with van der Waals surface area (Å²) in [4.78, 5) is 11.6. The first-order valence-corrected chi connectivity index (χ1v) is 8.94. The van der Waals surface area contributed by atoms with Gasteiger partial charge in [-0.2, -0.15) is 0 Å². The molecule has 5 rings (SSSR count). The molecule has 3 nitrogen and oxygen atoms in total. The van der Waals surface area contributed by atoms with Gasteiger partial charge in [-0.1, -0.05) is 36.4 Å². The fraction of sp³-hybridized carbons (Fsp3) is 0.318. The zero-order valence-electron chi connectivity index (χ0n) is 14.2. The fourth-order valence-corrected chi connectivity index (χ4v) is 5.05. The highest BCUT2D eigenvalue weighted by atomic mass is 16.5. The summed E-state index contributed by atoms with van der Waals surface area (Å²) < 4.78 is 6.15. The Kier molecular flexibility index (Phi) is 3.02. The molecule has 2 atom stereocenters. The average Bonchev–Trinajstić information content (AvgIpc) is 2.63. The minimum absolute atomic E-state index is 0.0579. The van der Waals surface area contributed by atoms with Gasteiger partial charge in [-0.25, -0.2) is 4.79 Å². The van der Waals surface area contributed by atoms with E-state index in [9.17, 15) is 9.90 Å². The van der Waals surface area contributed by atoms with E-state index in [-0.39, 0.29) is 11.5 Å². The molecule has 0 spiro atoms. The van der Waals surface area contributed by atoms with Crippen molar-refractivity contribution in [2.75, 3.05) is 6.61 Å². The maximum Gasteiger partial charge on any atom is 0.336 e. The molecule has 2 aromatic rings. The maximum absolute atomic E-state index is 11.6. The number of aromatic carboxylic acids is 1. The van der Waals surface area contributed by atoms with E-state index >= 15 is 0 Å². The van der Waals surface area contributed by atoms with Gasteiger partial charge in [0.15, 0.2) is 0 Å². The highest BCUT2D eigenvalue weighted by molar-refractivity contribution is 6.06. The summed E-state index contributed by atoms with van der Waals surface area (Å²) in [5, 5.41) is 11.3. The van der Waals surface area contributed by atoms with Crippen molar-refractivity contribution in [1.82, 2.24) is 0 Å². The van der Waals surface area contributed by atoms with Crippen molar-refractivity contribution < 1.29 is 14.6 Å². The Morgan fingerprint density at radius 1 is 1.20 bits per heavy atom. The highest BCUT2D eigenvalue weighted by Crippen LogP contribution is 2.52. The first-order valence-electron chi connectivity index (χ1n) is 8.94. The Bertz CT molecular complexity index is 982. The molecule has 3 heteroatoms. The van der Waals surface area contributed by atoms with Crippen LogP contribution < -0.4 is 0 Å². The summed E-state index contributed by atoms with van der Waals surface area (Å²) >= 11 is 0. The van der Waals surface area contributed by atoms with Crippen LogP contribution in [0.2, 0.25) is 0 Å². The Balaban J connectivity index is 1.83. The molecule has 0 aromatic heterocycles. The second-order valence-corrected chi connectivity index (χ2v) is 7.39. The van der Waals surface area contributed by atoms with Crippen molar-refractivity contribution in [1.29, 1.82) is 0 Å². The fourth-order valence-electron chi connectivity index (χ4n) is 5.05. The van der Waals surface area contributed by atoms with Gasteiger partial charge < -0.3 is 9.84 Å². The third-order valence-corrected chi connectivity index (χ3v) is 6.25. The molecule has 0 saturated heterocycles. The number of rotatable bonds is 1. The SMILES string of the molecule is CC1OCC23CCCC1=C2C=Cc1c3ccc2c(C(=O)O)cccc12. The van der Waals surface area contributed by atoms with E-state index in [0.717, 1.165) is 29.2 Å². The quantitative estimate of drug-likeness (QED) is 0.823. The van der Waals surface area contributed by atoms with E-state index < -0.39 is 5.97 Å². The van der Waals surface area contributed by atoms with Crippen LogP contribution in [0.25, 0.3) is 16.8 Å². The van der Waals surface area contributed by atoms with Crippen molar-refractivity contribution in [2.45, 2.75) is 37.7 Å². The van der Waals surface area contributed by atoms with Gasteiger partial charge in [-0.3, -0.25) is 0 Å². The standard InChI is InChI=1S/C22H20O3/c1-13-14-6-3-11-22(12-25-13)19(14)10-8-17-15-4-2-5-18(21(23)24)16(15)7-9-20(17)22/h2,4-5,7-10,13H,3,6,11-12H2,1H3,(H,23,24). The number of fused-ring (bicyclic) bond motifs is 3. The summed E-state index contributed by atoms with van der Waals surface area (Å²) in [5.74, 6) is -0.876. The molecule has 2 bridgehead atoms. The molecule has 1 heterocycles. The molecule has 0 fully saturated rings. The largest absolute Gasteiger partial charge is 0.478 e. The Labute approximate surface area is 146 Å². The van der Waals surface area contributed by atoms with Gasteiger partial charge >= 0.3 is 5.97 Å². The van der Waals surface area contributed by atoms with Gasteiger partial charge in [0, 0.05) is 5.41 Å². The van der Waals surface area contributed by atoms with E-state index in [4.69, 9.17) is 4.74 Å². The van der Waals surface area contributed by atoms with E-state index in [1.54, 1.807) is 6.07 Å². The van der Waals surface area contributed by atoms with E-state index in [1.807, 2.05) is 18.2 Å². The minimum Gasteiger partial charge on any atom is -0.478 e. The molecule has 1 aliphatic heterocycles. The number of hydrogen-bond donors (Lipinski definition) is 1. The average molecular weight is 332 g/mol. The van der Waals surface area contributed by atoms with Crippen LogP contribution in [0.5, 0.6) is 0 Å². The second-order valence-electron chi connectivity index (χ2n) is 7.39. The predicted molar refractivity (Wildman–Crippen MR) is 97.9 cm³/mol. The molecule has 2 aromatic carbocycles. The molecule has 0 saturated carbocycles. The highest BCUT2D eigenvalue weighted by Gasteiger charge is 2.46.